The standard InChI is InChI=1S/C35H25N5.3ClH.V/c1-5-14-24(15-6-1)30-31(25-16-7-2-8-17-25)38-34(37-30)28-22-13-23-29(36-28)35-39-32(26-18-9-3-10-19-26)33(40-35)27-20-11-4-12-21-27;;;;/h1-23,30,32H;3*1H;/p-3. The van der Waals surface area contributed by atoms with E-state index in [2.05, 4.69) is 48.5 Å². The molecule has 5 aromatic rings. The molecule has 0 amide bonds. The van der Waals surface area contributed by atoms with Gasteiger partial charge in [-0.2, -0.15) is 0 Å². The number of rotatable bonds is 6. The third-order valence-electron chi connectivity index (χ3n) is 7.05. The Hall–Kier alpha value is -3.84. The van der Waals surface area contributed by atoms with Gasteiger partial charge < -0.3 is 37.2 Å². The first kappa shape index (κ1) is 34.7. The van der Waals surface area contributed by atoms with Crippen LogP contribution in [0.1, 0.15) is 45.7 Å². The van der Waals surface area contributed by atoms with Crippen LogP contribution >= 0.6 is 0 Å². The summed E-state index contributed by atoms with van der Waals surface area (Å²) in [6.07, 6.45) is 0. The van der Waals surface area contributed by atoms with E-state index in [-0.39, 0.29) is 67.9 Å². The van der Waals surface area contributed by atoms with E-state index in [4.69, 9.17) is 25.0 Å². The van der Waals surface area contributed by atoms with Crippen molar-refractivity contribution in [3.8, 4) is 0 Å². The Morgan fingerprint density at radius 1 is 0.386 bits per heavy atom. The third kappa shape index (κ3) is 7.10. The second kappa shape index (κ2) is 15.8. The summed E-state index contributed by atoms with van der Waals surface area (Å²) in [6, 6.07) is 46.5. The Morgan fingerprint density at radius 2 is 0.727 bits per heavy atom. The summed E-state index contributed by atoms with van der Waals surface area (Å²) < 4.78 is 0. The minimum Gasteiger partial charge on any atom is -1.00 e. The number of nitrogens with zero attached hydrogens (tertiary/aromatic N) is 5. The van der Waals surface area contributed by atoms with Gasteiger partial charge >= 0.3 is 0 Å². The molecule has 0 N–H and O–H groups in total. The van der Waals surface area contributed by atoms with E-state index < -0.39 is 0 Å². The number of benzene rings is 4. The monoisotopic (exact) mass is 671 g/mol. The summed E-state index contributed by atoms with van der Waals surface area (Å²) >= 11 is 0. The average molecular weight is 673 g/mol. The van der Waals surface area contributed by atoms with Crippen molar-refractivity contribution in [1.29, 1.82) is 0 Å². The van der Waals surface area contributed by atoms with Gasteiger partial charge in [0.1, 0.15) is 23.5 Å². The van der Waals surface area contributed by atoms with E-state index in [9.17, 15) is 0 Å². The molecule has 0 aliphatic carbocycles. The van der Waals surface area contributed by atoms with Crippen molar-refractivity contribution in [2.45, 2.75) is 12.1 Å². The molecule has 44 heavy (non-hydrogen) atoms. The van der Waals surface area contributed by atoms with Gasteiger partial charge in [-0.25, -0.2) is 15.0 Å². The molecule has 2 aliphatic heterocycles. The fourth-order valence-corrected chi connectivity index (χ4v) is 5.10. The van der Waals surface area contributed by atoms with Crippen LogP contribution < -0.4 is 37.2 Å². The second-order valence-electron chi connectivity index (χ2n) is 9.67. The molecular weight excluding hydrogens is 648 g/mol. The van der Waals surface area contributed by atoms with Crippen molar-refractivity contribution in [2.24, 2.45) is 20.0 Å². The smallest absolute Gasteiger partial charge is 0.174 e. The number of aromatic nitrogens is 1. The molecule has 2 aliphatic rings. The van der Waals surface area contributed by atoms with Crippen molar-refractivity contribution in [1.82, 2.24) is 4.98 Å². The summed E-state index contributed by atoms with van der Waals surface area (Å²) in [5.41, 5.74) is 7.53. The van der Waals surface area contributed by atoms with Gasteiger partial charge in [-0.3, -0.25) is 9.98 Å². The Labute approximate surface area is 287 Å². The predicted octanol–water partition coefficient (Wildman–Crippen LogP) is -1.93. The van der Waals surface area contributed by atoms with Crippen LogP contribution in [0.5, 0.6) is 0 Å². The van der Waals surface area contributed by atoms with Crippen molar-refractivity contribution in [3.05, 3.63) is 173 Å². The summed E-state index contributed by atoms with van der Waals surface area (Å²) in [6.45, 7) is 0. The molecular formula is C35H25Cl3N5V-3. The Morgan fingerprint density at radius 3 is 1.09 bits per heavy atom. The summed E-state index contributed by atoms with van der Waals surface area (Å²) in [7, 11) is 0. The van der Waals surface area contributed by atoms with Gasteiger partial charge in [0.2, 0.25) is 0 Å². The summed E-state index contributed by atoms with van der Waals surface area (Å²) in [4.78, 5) is 25.1. The van der Waals surface area contributed by atoms with Crippen LogP contribution in [0.25, 0.3) is 0 Å². The molecule has 0 spiro atoms. The zero-order valence-corrected chi connectivity index (χ0v) is 26.9. The van der Waals surface area contributed by atoms with E-state index in [1.54, 1.807) is 0 Å². The number of aliphatic imine (C=N–C) groups is 4. The Bertz CT molecular complexity index is 1670. The Balaban J connectivity index is 0.00000132. The Kier molecular flexibility index (Phi) is 12.4. The molecule has 2 atom stereocenters. The van der Waals surface area contributed by atoms with Crippen LogP contribution in [-0.2, 0) is 18.6 Å². The van der Waals surface area contributed by atoms with Gasteiger partial charge in [0.15, 0.2) is 11.7 Å². The minimum absolute atomic E-state index is 0. The zero-order valence-electron chi connectivity index (χ0n) is 23.3. The maximum absolute atomic E-state index is 5.05. The largest absolute Gasteiger partial charge is 1.00 e. The van der Waals surface area contributed by atoms with Gasteiger partial charge in [-0.05, 0) is 34.4 Å². The van der Waals surface area contributed by atoms with Crippen LogP contribution in [0.4, 0.5) is 0 Å². The first-order valence-electron chi connectivity index (χ1n) is 13.3. The molecule has 9 heteroatoms. The van der Waals surface area contributed by atoms with Crippen molar-refractivity contribution < 1.29 is 55.8 Å². The van der Waals surface area contributed by atoms with Gasteiger partial charge in [0, 0.05) is 18.6 Å². The summed E-state index contributed by atoms with van der Waals surface area (Å²) in [5, 5.41) is 0. The van der Waals surface area contributed by atoms with Crippen LogP contribution in [0.15, 0.2) is 159 Å². The van der Waals surface area contributed by atoms with Gasteiger partial charge in [0.25, 0.3) is 0 Å². The normalized spacial score (nSPS) is 16.5. The van der Waals surface area contributed by atoms with Crippen molar-refractivity contribution >= 4 is 23.1 Å². The number of halogens is 3. The van der Waals surface area contributed by atoms with Crippen molar-refractivity contribution in [2.75, 3.05) is 0 Å². The molecule has 1 radical (unpaired) electrons. The van der Waals surface area contributed by atoms with Crippen molar-refractivity contribution in [3.63, 3.8) is 0 Å². The fraction of sp³-hybridized carbons (Fsp3) is 0.0571. The van der Waals surface area contributed by atoms with E-state index >= 15 is 0 Å². The molecule has 0 saturated carbocycles. The minimum atomic E-state index is -0.196. The number of hydrogen-bond acceptors (Lipinski definition) is 5. The van der Waals surface area contributed by atoms with Gasteiger partial charge in [-0.15, -0.1) is 0 Å². The molecule has 4 aromatic carbocycles. The molecule has 1 aromatic heterocycles. The maximum atomic E-state index is 5.05. The zero-order chi connectivity index (χ0) is 26.7. The summed E-state index contributed by atoms with van der Waals surface area (Å²) in [5.74, 6) is 1.22. The molecule has 0 fully saturated rings. The first-order valence-corrected chi connectivity index (χ1v) is 13.3. The SMILES string of the molecule is [Cl-].[Cl-].[Cl-].[V].c1ccc(C2=NC(c3cccc(C4=NC(c5ccccc5)C(c5ccccc5)=N4)n3)=NC2c2ccccc2)cc1. The molecule has 0 bridgehead atoms. The third-order valence-corrected chi connectivity index (χ3v) is 7.05. The maximum Gasteiger partial charge on any atom is 0.174 e. The molecule has 5 nitrogen and oxygen atoms in total. The molecule has 7 rings (SSSR count). The molecule has 0 saturated heterocycles. The van der Waals surface area contributed by atoms with E-state index in [1.807, 2.05) is 91.0 Å². The van der Waals surface area contributed by atoms with E-state index in [1.165, 1.54) is 0 Å². The number of amidine groups is 2. The topological polar surface area (TPSA) is 62.3 Å². The average Bonchev–Trinajstić information content (AvgIpc) is 3.69. The van der Waals surface area contributed by atoms with E-state index in [0.29, 0.717) is 23.1 Å². The van der Waals surface area contributed by atoms with Crippen LogP contribution in [-0.4, -0.2) is 28.1 Å². The number of hydrogen-bond donors (Lipinski definition) is 0. The van der Waals surface area contributed by atoms with E-state index in [0.717, 1.165) is 33.7 Å². The molecule has 3 heterocycles. The molecule has 2 unspecified atom stereocenters. The van der Waals surface area contributed by atoms with Gasteiger partial charge in [0.05, 0.1) is 11.4 Å². The molecule has 219 valence electrons. The predicted molar refractivity (Wildman–Crippen MR) is 162 cm³/mol. The quantitative estimate of drug-likeness (QED) is 0.208. The van der Waals surface area contributed by atoms with Crippen LogP contribution in [0.2, 0.25) is 0 Å². The second-order valence-corrected chi connectivity index (χ2v) is 9.67. The van der Waals surface area contributed by atoms with Gasteiger partial charge in [-0.1, -0.05) is 127 Å². The fourth-order valence-electron chi connectivity index (χ4n) is 5.10. The number of pyridine rings is 1. The van der Waals surface area contributed by atoms with Crippen LogP contribution in [0.3, 0.4) is 0 Å². The van der Waals surface area contributed by atoms with Crippen LogP contribution in [0, 0.1) is 0 Å². The first-order chi connectivity index (χ1) is 19.8.